The lowest BCUT2D eigenvalue weighted by molar-refractivity contribution is -0.139. The van der Waals surface area contributed by atoms with Gasteiger partial charge in [0.05, 0.1) is 23.8 Å². The molecule has 0 radical (unpaired) electrons. The third-order valence-electron chi connectivity index (χ3n) is 5.97. The Morgan fingerprint density at radius 1 is 1.18 bits per heavy atom. The summed E-state index contributed by atoms with van der Waals surface area (Å²) in [6.45, 7) is 8.41. The van der Waals surface area contributed by atoms with Crippen molar-refractivity contribution in [2.75, 3.05) is 39.8 Å². The van der Waals surface area contributed by atoms with E-state index < -0.39 is 39.0 Å². The molecule has 1 aromatic carbocycles. The number of halogens is 2. The number of hydrogen-bond donors (Lipinski definition) is 2. The Morgan fingerprint density at radius 2 is 1.88 bits per heavy atom. The highest BCUT2D eigenvalue weighted by Gasteiger charge is 2.32. The lowest BCUT2D eigenvalue weighted by atomic mass is 10.0. The van der Waals surface area contributed by atoms with Crippen LogP contribution in [0.5, 0.6) is 0 Å². The van der Waals surface area contributed by atoms with E-state index in [1.165, 1.54) is 42.4 Å². The molecule has 216 valence electrons. The molecule has 40 heavy (non-hydrogen) atoms. The summed E-state index contributed by atoms with van der Waals surface area (Å²) in [4.78, 5) is 30.3. The van der Waals surface area contributed by atoms with Crippen LogP contribution in [-0.2, 0) is 24.3 Å². The first-order chi connectivity index (χ1) is 18.9. The van der Waals surface area contributed by atoms with Gasteiger partial charge in [-0.05, 0) is 38.1 Å². The standard InChI is InChI=1S/C26H31F2N5O6S/c1-5-19(23-15-29-17-39-23)22(38-4)8-9-30-24(34)25(35)31-26(2,3)16-32-10-12-33(13-11-32)40(36,37)18-6-7-20(27)21(28)14-18/h5-9,14-15,17H,1,10-13,16H2,2-4H3,(H,30,34)(H,31,35)/b9-8+,22-19-. The fourth-order valence-corrected chi connectivity index (χ4v) is 5.51. The monoisotopic (exact) mass is 579 g/mol. The number of ether oxygens (including phenoxy) is 1. The smallest absolute Gasteiger partial charge is 0.313 e. The zero-order chi connectivity index (χ0) is 29.5. The van der Waals surface area contributed by atoms with Crippen LogP contribution >= 0.6 is 0 Å². The van der Waals surface area contributed by atoms with Crippen molar-refractivity contribution in [2.24, 2.45) is 0 Å². The van der Waals surface area contributed by atoms with Crippen LogP contribution in [0, 0.1) is 11.6 Å². The maximum atomic E-state index is 13.6. The lowest BCUT2D eigenvalue weighted by Gasteiger charge is -2.38. The second-order valence-electron chi connectivity index (χ2n) is 9.45. The van der Waals surface area contributed by atoms with Crippen molar-refractivity contribution in [3.05, 3.63) is 78.9 Å². The van der Waals surface area contributed by atoms with Crippen molar-refractivity contribution in [1.82, 2.24) is 24.8 Å². The number of benzene rings is 1. The number of carbonyl (C=O) groups is 2. The van der Waals surface area contributed by atoms with Gasteiger partial charge in [-0.1, -0.05) is 12.7 Å². The first-order valence-electron chi connectivity index (χ1n) is 12.1. The second-order valence-corrected chi connectivity index (χ2v) is 11.4. The summed E-state index contributed by atoms with van der Waals surface area (Å²) in [5.41, 5.74) is -0.340. The largest absolute Gasteiger partial charge is 0.496 e. The molecule has 1 aromatic heterocycles. The summed E-state index contributed by atoms with van der Waals surface area (Å²) in [7, 11) is -2.57. The first-order valence-corrected chi connectivity index (χ1v) is 13.6. The maximum absolute atomic E-state index is 13.6. The SMILES string of the molecule is C=C/C(=C(\C=C\NC(=O)C(=O)NC(C)(C)CN1CCN(S(=O)(=O)c2ccc(F)c(F)c2)CC1)OC)c1cnco1. The van der Waals surface area contributed by atoms with Crippen molar-refractivity contribution < 1.29 is 35.9 Å². The van der Waals surface area contributed by atoms with Gasteiger partial charge in [0.2, 0.25) is 10.0 Å². The lowest BCUT2D eigenvalue weighted by Crippen LogP contribution is -2.58. The number of nitrogens with zero attached hydrogens (tertiary/aromatic N) is 3. The Bertz CT molecular complexity index is 1400. The van der Waals surface area contributed by atoms with Gasteiger partial charge < -0.3 is 19.8 Å². The van der Waals surface area contributed by atoms with Gasteiger partial charge >= 0.3 is 11.8 Å². The summed E-state index contributed by atoms with van der Waals surface area (Å²) < 4.78 is 64.1. The van der Waals surface area contributed by atoms with Gasteiger partial charge in [-0.15, -0.1) is 0 Å². The van der Waals surface area contributed by atoms with Gasteiger partial charge in [-0.2, -0.15) is 4.31 Å². The van der Waals surface area contributed by atoms with Crippen LogP contribution in [0.2, 0.25) is 0 Å². The molecule has 0 bridgehead atoms. The van der Waals surface area contributed by atoms with Gasteiger partial charge in [0.25, 0.3) is 0 Å². The summed E-state index contributed by atoms with van der Waals surface area (Å²) in [5, 5.41) is 5.05. The molecule has 0 saturated carbocycles. The van der Waals surface area contributed by atoms with Gasteiger partial charge in [-0.25, -0.2) is 22.2 Å². The fraction of sp³-hybridized carbons (Fsp3) is 0.346. The van der Waals surface area contributed by atoms with E-state index in [0.29, 0.717) is 42.8 Å². The average molecular weight is 580 g/mol. The molecule has 2 amide bonds. The van der Waals surface area contributed by atoms with Gasteiger partial charge in [-0.3, -0.25) is 14.5 Å². The quantitative estimate of drug-likeness (QED) is 0.248. The number of sulfonamides is 1. The van der Waals surface area contributed by atoms with E-state index in [-0.39, 0.29) is 18.0 Å². The fourth-order valence-electron chi connectivity index (χ4n) is 4.07. The summed E-state index contributed by atoms with van der Waals surface area (Å²) in [6.07, 6.45) is 6.91. The number of aromatic nitrogens is 1. The minimum Gasteiger partial charge on any atom is -0.496 e. The summed E-state index contributed by atoms with van der Waals surface area (Å²) in [5.74, 6) is -3.40. The normalized spacial score (nSPS) is 15.9. The van der Waals surface area contributed by atoms with Crippen LogP contribution < -0.4 is 10.6 Å². The Morgan fingerprint density at radius 3 is 2.45 bits per heavy atom. The topological polar surface area (TPSA) is 134 Å². The molecule has 1 saturated heterocycles. The predicted octanol–water partition coefficient (Wildman–Crippen LogP) is 2.03. The molecule has 0 spiro atoms. The Kier molecular flexibility index (Phi) is 9.95. The van der Waals surface area contributed by atoms with E-state index in [4.69, 9.17) is 9.15 Å². The zero-order valence-electron chi connectivity index (χ0n) is 22.3. The number of hydrogen-bond acceptors (Lipinski definition) is 8. The van der Waals surface area contributed by atoms with Crippen molar-refractivity contribution in [1.29, 1.82) is 0 Å². The first kappa shape index (κ1) is 30.7. The molecule has 2 heterocycles. The summed E-state index contributed by atoms with van der Waals surface area (Å²) >= 11 is 0. The van der Waals surface area contributed by atoms with Gasteiger partial charge in [0.1, 0.15) is 5.76 Å². The number of oxazole rings is 1. The predicted molar refractivity (Wildman–Crippen MR) is 142 cm³/mol. The Balaban J connectivity index is 1.52. The van der Waals surface area contributed by atoms with E-state index >= 15 is 0 Å². The maximum Gasteiger partial charge on any atom is 0.313 e. The zero-order valence-corrected chi connectivity index (χ0v) is 23.1. The summed E-state index contributed by atoms with van der Waals surface area (Å²) in [6, 6.07) is 2.47. The molecule has 1 aliphatic rings. The molecule has 2 N–H and O–H groups in total. The molecule has 2 aromatic rings. The van der Waals surface area contributed by atoms with Crippen LogP contribution in [0.3, 0.4) is 0 Å². The van der Waals surface area contributed by atoms with Crippen LogP contribution in [-0.4, -0.2) is 79.8 Å². The number of carbonyl (C=O) groups excluding carboxylic acids is 2. The highest BCUT2D eigenvalue weighted by atomic mass is 32.2. The van der Waals surface area contributed by atoms with Gasteiger partial charge in [0.15, 0.2) is 23.8 Å². The van der Waals surface area contributed by atoms with E-state index in [0.717, 1.165) is 12.1 Å². The highest BCUT2D eigenvalue weighted by Crippen LogP contribution is 2.22. The average Bonchev–Trinajstić information content (AvgIpc) is 3.44. The number of amides is 2. The molecule has 3 rings (SSSR count). The van der Waals surface area contributed by atoms with E-state index in [1.807, 2.05) is 4.90 Å². The second kappa shape index (κ2) is 13.0. The third-order valence-corrected chi connectivity index (χ3v) is 7.87. The number of allylic oxidation sites excluding steroid dienone is 3. The Hall–Kier alpha value is -3.88. The van der Waals surface area contributed by atoms with E-state index in [1.54, 1.807) is 13.8 Å². The van der Waals surface area contributed by atoms with Crippen LogP contribution in [0.25, 0.3) is 5.57 Å². The molecule has 14 heteroatoms. The van der Waals surface area contributed by atoms with Crippen molar-refractivity contribution >= 4 is 27.4 Å². The molecule has 1 aliphatic heterocycles. The van der Waals surface area contributed by atoms with Crippen molar-refractivity contribution in [2.45, 2.75) is 24.3 Å². The number of piperazine rings is 1. The Labute approximate surface area is 231 Å². The number of methoxy groups -OCH3 is 1. The minimum absolute atomic E-state index is 0.118. The minimum atomic E-state index is -3.99. The molecular formula is C26H31F2N5O6S. The highest BCUT2D eigenvalue weighted by molar-refractivity contribution is 7.89. The van der Waals surface area contributed by atoms with Crippen LogP contribution in [0.15, 0.2) is 70.8 Å². The van der Waals surface area contributed by atoms with Gasteiger partial charge in [0, 0.05) is 44.5 Å². The van der Waals surface area contributed by atoms with E-state index in [9.17, 15) is 26.8 Å². The molecule has 1 fully saturated rings. The van der Waals surface area contributed by atoms with E-state index in [2.05, 4.69) is 22.2 Å². The molecule has 0 unspecified atom stereocenters. The molecular weight excluding hydrogens is 548 g/mol. The number of nitrogens with one attached hydrogen (secondary N) is 2. The van der Waals surface area contributed by atoms with Crippen LogP contribution in [0.4, 0.5) is 8.78 Å². The van der Waals surface area contributed by atoms with Crippen molar-refractivity contribution in [3.63, 3.8) is 0 Å². The van der Waals surface area contributed by atoms with Crippen molar-refractivity contribution in [3.8, 4) is 0 Å². The molecule has 0 atom stereocenters. The van der Waals surface area contributed by atoms with Crippen LogP contribution in [0.1, 0.15) is 19.6 Å². The number of rotatable bonds is 10. The third kappa shape index (κ3) is 7.61. The molecule has 11 nitrogen and oxygen atoms in total. The molecule has 0 aliphatic carbocycles.